The Labute approximate surface area is 149 Å². The van der Waals surface area contributed by atoms with E-state index in [1.807, 2.05) is 10.6 Å². The fourth-order valence-electron chi connectivity index (χ4n) is 4.30. The lowest BCUT2D eigenvalue weighted by molar-refractivity contribution is 0.0545. The Bertz CT molecular complexity index is 742. The van der Waals surface area contributed by atoms with Crippen LogP contribution in [0, 0.1) is 0 Å². The molecule has 2 atom stereocenters. The van der Waals surface area contributed by atoms with Crippen LogP contribution in [0.1, 0.15) is 70.3 Å². The minimum atomic E-state index is -0.138. The number of aliphatic hydroxyl groups excluding tert-OH is 1. The second-order valence-electron chi connectivity index (χ2n) is 8.67. The Kier molecular flexibility index (Phi) is 4.28. The van der Waals surface area contributed by atoms with Crippen molar-refractivity contribution < 1.29 is 5.11 Å². The number of hydrogen-bond donors (Lipinski definition) is 1. The van der Waals surface area contributed by atoms with Gasteiger partial charge < -0.3 is 5.11 Å². The van der Waals surface area contributed by atoms with Crippen LogP contribution in [0.15, 0.2) is 12.1 Å². The van der Waals surface area contributed by atoms with E-state index in [1.165, 1.54) is 0 Å². The van der Waals surface area contributed by atoms with Crippen LogP contribution in [-0.4, -0.2) is 55.1 Å². The van der Waals surface area contributed by atoms with Crippen molar-refractivity contribution in [3.05, 3.63) is 23.7 Å². The second-order valence-corrected chi connectivity index (χ2v) is 8.67. The molecule has 25 heavy (non-hydrogen) atoms. The van der Waals surface area contributed by atoms with Gasteiger partial charge in [-0.1, -0.05) is 20.8 Å². The van der Waals surface area contributed by atoms with E-state index in [1.54, 1.807) is 0 Å². The van der Waals surface area contributed by atoms with Crippen molar-refractivity contribution in [2.24, 2.45) is 0 Å². The van der Waals surface area contributed by atoms with E-state index >= 15 is 0 Å². The zero-order chi connectivity index (χ0) is 17.6. The van der Waals surface area contributed by atoms with E-state index in [9.17, 15) is 5.11 Å². The van der Waals surface area contributed by atoms with Gasteiger partial charge in [0.05, 0.1) is 11.8 Å². The summed E-state index contributed by atoms with van der Waals surface area (Å²) in [6.45, 7) is 8.59. The number of piperidine rings is 1. The molecular weight excluding hydrogens is 314 g/mol. The van der Waals surface area contributed by atoms with Crippen molar-refractivity contribution in [1.29, 1.82) is 0 Å². The lowest BCUT2D eigenvalue weighted by Crippen LogP contribution is -2.44. The maximum Gasteiger partial charge on any atom is 0.177 e. The third-order valence-electron chi connectivity index (χ3n) is 5.86. The van der Waals surface area contributed by atoms with Crippen molar-refractivity contribution in [2.75, 3.05) is 13.1 Å². The molecule has 6 heteroatoms. The third-order valence-corrected chi connectivity index (χ3v) is 5.86. The molecule has 6 nitrogen and oxygen atoms in total. The van der Waals surface area contributed by atoms with Gasteiger partial charge in [-0.3, -0.25) is 4.90 Å². The average molecular weight is 343 g/mol. The SMILES string of the molecule is CC(C)(C)c1ccc2nnc(C3CCN(C4CCCC4O)CC3)n2n1. The normalized spacial score (nSPS) is 26.6. The summed E-state index contributed by atoms with van der Waals surface area (Å²) in [4.78, 5) is 2.48. The first-order chi connectivity index (χ1) is 11.9. The predicted octanol–water partition coefficient (Wildman–Crippen LogP) is 2.51. The first-order valence-corrected chi connectivity index (χ1v) is 9.58. The van der Waals surface area contributed by atoms with E-state index in [2.05, 4.69) is 41.9 Å². The predicted molar refractivity (Wildman–Crippen MR) is 96.7 cm³/mol. The summed E-state index contributed by atoms with van der Waals surface area (Å²) in [6.07, 6.45) is 5.23. The van der Waals surface area contributed by atoms with Crippen LogP contribution < -0.4 is 0 Å². The highest BCUT2D eigenvalue weighted by Crippen LogP contribution is 2.32. The lowest BCUT2D eigenvalue weighted by Gasteiger charge is -2.36. The first-order valence-electron chi connectivity index (χ1n) is 9.58. The molecule has 2 fully saturated rings. The molecule has 2 unspecified atom stereocenters. The molecule has 0 amide bonds. The number of aromatic nitrogens is 4. The highest BCUT2D eigenvalue weighted by atomic mass is 16.3. The van der Waals surface area contributed by atoms with Gasteiger partial charge in [0.15, 0.2) is 11.5 Å². The number of hydrogen-bond acceptors (Lipinski definition) is 5. The van der Waals surface area contributed by atoms with Crippen molar-refractivity contribution in [3.8, 4) is 0 Å². The molecule has 2 aromatic rings. The molecule has 4 rings (SSSR count). The minimum absolute atomic E-state index is 0.0116. The smallest absolute Gasteiger partial charge is 0.177 e. The van der Waals surface area contributed by atoms with Gasteiger partial charge in [0, 0.05) is 17.4 Å². The van der Waals surface area contributed by atoms with Gasteiger partial charge in [-0.2, -0.15) is 9.61 Å². The number of rotatable bonds is 2. The molecule has 1 aliphatic carbocycles. The van der Waals surface area contributed by atoms with E-state index in [0.29, 0.717) is 12.0 Å². The Balaban J connectivity index is 1.53. The largest absolute Gasteiger partial charge is 0.391 e. The summed E-state index contributed by atoms with van der Waals surface area (Å²) in [5.74, 6) is 1.39. The standard InChI is InChI=1S/C19H29N5O/c1-19(2,3)16-7-8-17-20-21-18(24(17)22-16)13-9-11-23(12-10-13)14-5-4-6-15(14)25/h7-8,13-15,25H,4-6,9-12H2,1-3H3. The van der Waals surface area contributed by atoms with Crippen LogP contribution in [-0.2, 0) is 5.41 Å². The van der Waals surface area contributed by atoms with Gasteiger partial charge in [-0.25, -0.2) is 0 Å². The number of likely N-dealkylation sites (tertiary alicyclic amines) is 1. The highest BCUT2D eigenvalue weighted by molar-refractivity contribution is 5.37. The van der Waals surface area contributed by atoms with Crippen molar-refractivity contribution in [2.45, 2.75) is 76.4 Å². The molecule has 1 saturated carbocycles. The molecular formula is C19H29N5O. The van der Waals surface area contributed by atoms with Crippen LogP contribution in [0.2, 0.25) is 0 Å². The van der Waals surface area contributed by atoms with Gasteiger partial charge in [-0.15, -0.1) is 10.2 Å². The zero-order valence-corrected chi connectivity index (χ0v) is 15.5. The fourth-order valence-corrected chi connectivity index (χ4v) is 4.30. The van der Waals surface area contributed by atoms with Crippen LogP contribution in [0.3, 0.4) is 0 Å². The van der Waals surface area contributed by atoms with Gasteiger partial charge >= 0.3 is 0 Å². The van der Waals surface area contributed by atoms with Gasteiger partial charge in [0.25, 0.3) is 0 Å². The Morgan fingerprint density at radius 2 is 1.80 bits per heavy atom. The Morgan fingerprint density at radius 3 is 2.44 bits per heavy atom. The molecule has 136 valence electrons. The molecule has 3 heterocycles. The summed E-state index contributed by atoms with van der Waals surface area (Å²) in [5.41, 5.74) is 1.90. The van der Waals surface area contributed by atoms with Gasteiger partial charge in [-0.05, 0) is 57.3 Å². The second kappa shape index (κ2) is 6.32. The van der Waals surface area contributed by atoms with Crippen LogP contribution >= 0.6 is 0 Å². The van der Waals surface area contributed by atoms with E-state index < -0.39 is 0 Å². The molecule has 0 bridgehead atoms. The average Bonchev–Trinajstić information content (AvgIpc) is 3.19. The van der Waals surface area contributed by atoms with Crippen LogP contribution in [0.5, 0.6) is 0 Å². The minimum Gasteiger partial charge on any atom is -0.391 e. The molecule has 2 aromatic heterocycles. The molecule has 0 spiro atoms. The Morgan fingerprint density at radius 1 is 1.04 bits per heavy atom. The topological polar surface area (TPSA) is 66.5 Å². The zero-order valence-electron chi connectivity index (χ0n) is 15.5. The van der Waals surface area contributed by atoms with Crippen molar-refractivity contribution >= 4 is 5.65 Å². The molecule has 2 aliphatic rings. The van der Waals surface area contributed by atoms with Crippen molar-refractivity contribution in [1.82, 2.24) is 24.7 Å². The van der Waals surface area contributed by atoms with E-state index in [0.717, 1.165) is 62.4 Å². The Hall–Kier alpha value is -1.53. The third kappa shape index (κ3) is 3.17. The maximum atomic E-state index is 10.2. The molecule has 1 aliphatic heterocycles. The highest BCUT2D eigenvalue weighted by Gasteiger charge is 2.34. The van der Waals surface area contributed by atoms with Crippen LogP contribution in [0.4, 0.5) is 0 Å². The quantitative estimate of drug-likeness (QED) is 0.907. The molecule has 1 saturated heterocycles. The van der Waals surface area contributed by atoms with Crippen molar-refractivity contribution in [3.63, 3.8) is 0 Å². The first kappa shape index (κ1) is 16.9. The van der Waals surface area contributed by atoms with Gasteiger partial charge in [0.1, 0.15) is 0 Å². The number of aliphatic hydroxyl groups is 1. The number of nitrogens with zero attached hydrogens (tertiary/aromatic N) is 5. The monoisotopic (exact) mass is 343 g/mol. The van der Waals surface area contributed by atoms with Gasteiger partial charge in [0.2, 0.25) is 0 Å². The van der Waals surface area contributed by atoms with Crippen LogP contribution in [0.25, 0.3) is 5.65 Å². The van der Waals surface area contributed by atoms with E-state index in [-0.39, 0.29) is 11.5 Å². The molecule has 0 aromatic carbocycles. The maximum absolute atomic E-state index is 10.2. The fraction of sp³-hybridized carbons (Fsp3) is 0.737. The summed E-state index contributed by atoms with van der Waals surface area (Å²) >= 11 is 0. The summed E-state index contributed by atoms with van der Waals surface area (Å²) in [7, 11) is 0. The summed E-state index contributed by atoms with van der Waals surface area (Å²) < 4.78 is 1.95. The molecule has 0 radical (unpaired) electrons. The summed E-state index contributed by atoms with van der Waals surface area (Å²) in [5, 5.41) is 23.8. The lowest BCUT2D eigenvalue weighted by atomic mass is 9.92. The summed E-state index contributed by atoms with van der Waals surface area (Å²) in [6, 6.07) is 4.44. The van der Waals surface area contributed by atoms with E-state index in [4.69, 9.17) is 5.10 Å². The number of fused-ring (bicyclic) bond motifs is 1. The molecule has 1 N–H and O–H groups in total.